The van der Waals surface area contributed by atoms with E-state index in [1.165, 1.54) is 77.0 Å². The van der Waals surface area contributed by atoms with E-state index >= 15 is 0 Å². The highest BCUT2D eigenvalue weighted by Crippen LogP contribution is 2.39. The molecule has 3 heterocycles. The molecule has 6 aliphatic rings. The highest BCUT2D eigenvalue weighted by Gasteiger charge is 2.40. The third-order valence-electron chi connectivity index (χ3n) is 12.2. The van der Waals surface area contributed by atoms with Gasteiger partial charge in [-0.15, -0.1) is 0 Å². The summed E-state index contributed by atoms with van der Waals surface area (Å²) in [7, 11) is 0. The van der Waals surface area contributed by atoms with E-state index in [0.717, 1.165) is 58.2 Å². The van der Waals surface area contributed by atoms with E-state index in [1.54, 1.807) is 0 Å². The van der Waals surface area contributed by atoms with Crippen LogP contribution in [0.1, 0.15) is 147 Å². The van der Waals surface area contributed by atoms with Gasteiger partial charge < -0.3 is 14.7 Å². The summed E-state index contributed by atoms with van der Waals surface area (Å²) in [5, 5.41) is 0. The number of nitrogens with zero attached hydrogens (tertiary/aromatic N) is 3. The molecule has 3 aliphatic heterocycles. The molecule has 3 amide bonds. The Morgan fingerprint density at radius 1 is 0.405 bits per heavy atom. The first-order chi connectivity index (χ1) is 20.6. The summed E-state index contributed by atoms with van der Waals surface area (Å²) >= 11 is 0. The van der Waals surface area contributed by atoms with E-state index in [1.807, 2.05) is 18.2 Å². The van der Waals surface area contributed by atoms with Crippen LogP contribution in [0.3, 0.4) is 0 Å². The number of amides is 3. The van der Waals surface area contributed by atoms with Crippen molar-refractivity contribution in [2.75, 3.05) is 19.6 Å². The molecular formula is C36H51N3O3. The Morgan fingerprint density at radius 2 is 0.667 bits per heavy atom. The topological polar surface area (TPSA) is 60.9 Å². The Labute approximate surface area is 252 Å². The van der Waals surface area contributed by atoms with Gasteiger partial charge in [-0.1, -0.05) is 38.5 Å². The van der Waals surface area contributed by atoms with Crippen molar-refractivity contribution in [1.82, 2.24) is 14.7 Å². The van der Waals surface area contributed by atoms with E-state index in [0.29, 0.717) is 52.6 Å². The number of fused-ring (bicyclic) bond motifs is 3. The molecule has 1 aromatic rings. The van der Waals surface area contributed by atoms with Crippen LogP contribution in [0.5, 0.6) is 0 Å². The summed E-state index contributed by atoms with van der Waals surface area (Å²) in [5.74, 6) is 1.86. The molecule has 0 spiro atoms. The van der Waals surface area contributed by atoms with Gasteiger partial charge in [-0.05, 0) is 113 Å². The lowest BCUT2D eigenvalue weighted by Gasteiger charge is -2.45. The molecule has 42 heavy (non-hydrogen) atoms. The molecule has 0 N–H and O–H groups in total. The standard InChI is InChI=1S/C36H51N3O3/c40-34(37-19-7-13-25-10-1-4-16-31(25)37)28-22-29(35(41)38-20-8-14-26-11-2-5-17-32(26)38)24-30(23-28)36(42)39-21-9-15-27-12-3-6-18-33(27)39/h22-27,31-33H,1-21H2. The molecule has 0 radical (unpaired) electrons. The molecule has 6 atom stereocenters. The number of piperidine rings is 3. The Morgan fingerprint density at radius 3 is 0.976 bits per heavy atom. The number of benzene rings is 1. The number of carbonyl (C=O) groups is 3. The van der Waals surface area contributed by atoms with Crippen molar-refractivity contribution in [3.63, 3.8) is 0 Å². The summed E-state index contributed by atoms with van der Waals surface area (Å²) in [6.07, 6.45) is 21.0. The fourth-order valence-electron chi connectivity index (χ4n) is 10.1. The van der Waals surface area contributed by atoms with Crippen LogP contribution in [0.4, 0.5) is 0 Å². The fraction of sp³-hybridized carbons (Fsp3) is 0.750. The minimum absolute atomic E-state index is 0.0266. The second-order valence-electron chi connectivity index (χ2n) is 14.6. The first-order valence-electron chi connectivity index (χ1n) is 17.7. The van der Waals surface area contributed by atoms with Gasteiger partial charge in [0.2, 0.25) is 0 Å². The van der Waals surface area contributed by atoms with Crippen molar-refractivity contribution in [3.05, 3.63) is 34.9 Å². The quantitative estimate of drug-likeness (QED) is 0.389. The fourth-order valence-corrected chi connectivity index (χ4v) is 10.1. The van der Waals surface area contributed by atoms with Gasteiger partial charge in [-0.2, -0.15) is 0 Å². The van der Waals surface area contributed by atoms with Crippen molar-refractivity contribution < 1.29 is 14.4 Å². The highest BCUT2D eigenvalue weighted by atomic mass is 16.2. The first kappa shape index (κ1) is 28.4. The largest absolute Gasteiger partial charge is 0.335 e. The van der Waals surface area contributed by atoms with Crippen molar-refractivity contribution in [1.29, 1.82) is 0 Å². The van der Waals surface area contributed by atoms with Crippen LogP contribution in [-0.2, 0) is 0 Å². The molecule has 0 aromatic heterocycles. The number of carbonyl (C=O) groups excluding carboxylic acids is 3. The van der Waals surface area contributed by atoms with Crippen LogP contribution in [0.2, 0.25) is 0 Å². The van der Waals surface area contributed by atoms with E-state index in [9.17, 15) is 14.4 Å². The average Bonchev–Trinajstić information content (AvgIpc) is 3.06. The monoisotopic (exact) mass is 573 g/mol. The SMILES string of the molecule is O=C(c1cc(C(=O)N2CCCC3CCCCC32)cc(C(=O)N2CCCC3CCCCC32)c1)N1CCCC2CCCCC21. The van der Waals surface area contributed by atoms with Gasteiger partial charge in [0.05, 0.1) is 0 Å². The predicted molar refractivity (Wildman–Crippen MR) is 164 cm³/mol. The van der Waals surface area contributed by atoms with E-state index < -0.39 is 0 Å². The number of likely N-dealkylation sites (tertiary alicyclic amines) is 3. The second kappa shape index (κ2) is 12.3. The molecule has 0 bridgehead atoms. The Balaban J connectivity index is 1.23. The van der Waals surface area contributed by atoms with E-state index in [-0.39, 0.29) is 17.7 Å². The molecule has 1 aromatic carbocycles. The van der Waals surface area contributed by atoms with Crippen LogP contribution in [-0.4, -0.2) is 70.2 Å². The van der Waals surface area contributed by atoms with Crippen molar-refractivity contribution >= 4 is 17.7 Å². The highest BCUT2D eigenvalue weighted by molar-refractivity contribution is 6.05. The first-order valence-corrected chi connectivity index (χ1v) is 17.7. The molecule has 6 fully saturated rings. The van der Waals surface area contributed by atoms with Crippen LogP contribution in [0.15, 0.2) is 18.2 Å². The Kier molecular flexibility index (Phi) is 8.33. The van der Waals surface area contributed by atoms with Crippen molar-refractivity contribution in [2.24, 2.45) is 17.8 Å². The van der Waals surface area contributed by atoms with Gasteiger partial charge in [0.1, 0.15) is 0 Å². The minimum atomic E-state index is 0.0266. The molecule has 6 nitrogen and oxygen atoms in total. The molecule has 7 rings (SSSR count). The van der Waals surface area contributed by atoms with Crippen molar-refractivity contribution in [3.8, 4) is 0 Å². The summed E-state index contributed by atoms with van der Waals surface area (Å²) in [6, 6.07) is 6.44. The zero-order valence-electron chi connectivity index (χ0n) is 25.6. The maximum absolute atomic E-state index is 14.3. The molecule has 228 valence electrons. The van der Waals surface area contributed by atoms with Crippen LogP contribution >= 0.6 is 0 Å². The summed E-state index contributed by atoms with van der Waals surface area (Å²) in [5.41, 5.74) is 1.64. The molecule has 3 aliphatic carbocycles. The molecule has 6 unspecified atom stereocenters. The van der Waals surface area contributed by atoms with Crippen LogP contribution < -0.4 is 0 Å². The minimum Gasteiger partial charge on any atom is -0.335 e. The average molecular weight is 574 g/mol. The zero-order valence-corrected chi connectivity index (χ0v) is 25.6. The Bertz CT molecular complexity index is 1020. The maximum atomic E-state index is 14.3. The number of hydrogen-bond donors (Lipinski definition) is 0. The normalized spacial score (nSPS) is 33.3. The lowest BCUT2D eigenvalue weighted by Crippen LogP contribution is -2.51. The van der Waals surface area contributed by atoms with Crippen LogP contribution in [0, 0.1) is 17.8 Å². The summed E-state index contributed by atoms with van der Waals surface area (Å²) in [6.45, 7) is 2.35. The zero-order chi connectivity index (χ0) is 28.6. The van der Waals surface area contributed by atoms with Gasteiger partial charge >= 0.3 is 0 Å². The smallest absolute Gasteiger partial charge is 0.254 e. The van der Waals surface area contributed by atoms with Gasteiger partial charge in [0.25, 0.3) is 17.7 Å². The van der Waals surface area contributed by atoms with Gasteiger partial charge in [0.15, 0.2) is 0 Å². The Hall–Kier alpha value is -2.37. The molecule has 6 heteroatoms. The predicted octanol–water partition coefficient (Wildman–Crippen LogP) is 7.07. The third kappa shape index (κ3) is 5.41. The van der Waals surface area contributed by atoms with E-state index in [2.05, 4.69) is 14.7 Å². The lowest BCUT2D eigenvalue weighted by atomic mass is 9.77. The third-order valence-corrected chi connectivity index (χ3v) is 12.2. The number of rotatable bonds is 3. The summed E-state index contributed by atoms with van der Waals surface area (Å²) in [4.78, 5) is 49.2. The molecule has 3 saturated heterocycles. The number of hydrogen-bond acceptors (Lipinski definition) is 3. The second-order valence-corrected chi connectivity index (χ2v) is 14.6. The van der Waals surface area contributed by atoms with Crippen molar-refractivity contribution in [2.45, 2.75) is 134 Å². The van der Waals surface area contributed by atoms with Gasteiger partial charge in [-0.25, -0.2) is 0 Å². The van der Waals surface area contributed by atoms with Gasteiger partial charge in [0, 0.05) is 54.5 Å². The maximum Gasteiger partial charge on any atom is 0.254 e. The van der Waals surface area contributed by atoms with Gasteiger partial charge in [-0.3, -0.25) is 14.4 Å². The molecule has 3 saturated carbocycles. The summed E-state index contributed by atoms with van der Waals surface area (Å²) < 4.78 is 0. The molecular weight excluding hydrogens is 522 g/mol. The lowest BCUT2D eigenvalue weighted by molar-refractivity contribution is 0.0384. The van der Waals surface area contributed by atoms with E-state index in [4.69, 9.17) is 0 Å². The van der Waals surface area contributed by atoms with Crippen LogP contribution in [0.25, 0.3) is 0 Å².